The first-order valence-electron chi connectivity index (χ1n) is 5.32. The average molecular weight is 211 g/mol. The van der Waals surface area contributed by atoms with Crippen LogP contribution in [0.5, 0.6) is 0 Å². The van der Waals surface area contributed by atoms with E-state index in [0.29, 0.717) is 19.5 Å². The lowest BCUT2D eigenvalue weighted by molar-refractivity contribution is 0.0254. The van der Waals surface area contributed by atoms with Gasteiger partial charge in [0.05, 0.1) is 0 Å². The van der Waals surface area contributed by atoms with Gasteiger partial charge in [0, 0.05) is 19.5 Å². The van der Waals surface area contributed by atoms with Crippen molar-refractivity contribution in [3.05, 3.63) is 0 Å². The van der Waals surface area contributed by atoms with E-state index in [1.165, 1.54) is 0 Å². The van der Waals surface area contributed by atoms with Crippen LogP contribution in [0.4, 0.5) is 4.79 Å². The number of hydrogen-bond donors (Lipinski definition) is 0. The zero-order valence-electron chi connectivity index (χ0n) is 10.2. The molecule has 0 unspecified atom stereocenters. The Morgan fingerprint density at radius 3 is 2.40 bits per heavy atom. The molecule has 0 atom stereocenters. The Balaban J connectivity index is 4.23. The van der Waals surface area contributed by atoms with Crippen LogP contribution in [-0.2, 0) is 4.74 Å². The number of terminal acetylenes is 1. The van der Waals surface area contributed by atoms with E-state index in [4.69, 9.17) is 11.2 Å². The summed E-state index contributed by atoms with van der Waals surface area (Å²) >= 11 is 0. The first kappa shape index (κ1) is 13.8. The standard InChI is InChI=1S/C12H21NO2/c1-6-8-10-13(9-7-2)11(14)15-12(3,4)5/h1H,7-10H2,2-5H3. The zero-order chi connectivity index (χ0) is 11.9. The number of rotatable bonds is 4. The van der Waals surface area contributed by atoms with Crippen LogP contribution in [0.1, 0.15) is 40.5 Å². The normalized spacial score (nSPS) is 10.6. The van der Waals surface area contributed by atoms with Crippen LogP contribution < -0.4 is 0 Å². The molecule has 0 spiro atoms. The molecule has 0 aromatic carbocycles. The molecular weight excluding hydrogens is 190 g/mol. The highest BCUT2D eigenvalue weighted by Gasteiger charge is 2.20. The Morgan fingerprint density at radius 2 is 2.00 bits per heavy atom. The monoisotopic (exact) mass is 211 g/mol. The highest BCUT2D eigenvalue weighted by Crippen LogP contribution is 2.10. The van der Waals surface area contributed by atoms with Crippen LogP contribution in [0.2, 0.25) is 0 Å². The van der Waals surface area contributed by atoms with Gasteiger partial charge in [-0.05, 0) is 27.2 Å². The Morgan fingerprint density at radius 1 is 1.40 bits per heavy atom. The molecule has 0 rings (SSSR count). The summed E-state index contributed by atoms with van der Waals surface area (Å²) in [5.41, 5.74) is -0.445. The molecule has 3 heteroatoms. The van der Waals surface area contributed by atoms with Crippen molar-refractivity contribution in [2.75, 3.05) is 13.1 Å². The van der Waals surface area contributed by atoms with Crippen LogP contribution in [0, 0.1) is 12.3 Å². The first-order chi connectivity index (χ1) is 6.90. The van der Waals surface area contributed by atoms with Crippen molar-refractivity contribution in [2.45, 2.75) is 46.1 Å². The molecule has 86 valence electrons. The van der Waals surface area contributed by atoms with Crippen LogP contribution in [0.15, 0.2) is 0 Å². The lowest BCUT2D eigenvalue weighted by Crippen LogP contribution is -2.37. The topological polar surface area (TPSA) is 29.5 Å². The number of hydrogen-bond acceptors (Lipinski definition) is 2. The number of ether oxygens (including phenoxy) is 1. The van der Waals surface area contributed by atoms with Gasteiger partial charge in [-0.1, -0.05) is 6.92 Å². The fourth-order valence-electron chi connectivity index (χ4n) is 1.09. The fourth-order valence-corrected chi connectivity index (χ4v) is 1.09. The molecule has 0 aliphatic carbocycles. The van der Waals surface area contributed by atoms with Crippen molar-refractivity contribution < 1.29 is 9.53 Å². The van der Waals surface area contributed by atoms with E-state index < -0.39 is 5.60 Å². The molecule has 0 bridgehead atoms. The van der Waals surface area contributed by atoms with Crippen LogP contribution >= 0.6 is 0 Å². The minimum Gasteiger partial charge on any atom is -0.444 e. The number of carbonyl (C=O) groups excluding carboxylic acids is 1. The van der Waals surface area contributed by atoms with Crippen molar-refractivity contribution in [2.24, 2.45) is 0 Å². The third-order valence-electron chi connectivity index (χ3n) is 1.67. The number of amides is 1. The third kappa shape index (κ3) is 6.84. The second-order valence-corrected chi connectivity index (χ2v) is 4.42. The van der Waals surface area contributed by atoms with Crippen molar-refractivity contribution in [3.63, 3.8) is 0 Å². The molecule has 0 saturated heterocycles. The van der Waals surface area contributed by atoms with E-state index in [0.717, 1.165) is 6.42 Å². The van der Waals surface area contributed by atoms with E-state index in [1.807, 2.05) is 27.7 Å². The minimum atomic E-state index is -0.445. The molecule has 0 fully saturated rings. The Labute approximate surface area is 92.8 Å². The van der Waals surface area contributed by atoms with E-state index >= 15 is 0 Å². The van der Waals surface area contributed by atoms with Crippen LogP contribution in [0.25, 0.3) is 0 Å². The predicted molar refractivity (Wildman–Crippen MR) is 61.5 cm³/mol. The van der Waals surface area contributed by atoms with Gasteiger partial charge in [0.15, 0.2) is 0 Å². The lowest BCUT2D eigenvalue weighted by atomic mass is 10.2. The minimum absolute atomic E-state index is 0.278. The highest BCUT2D eigenvalue weighted by atomic mass is 16.6. The summed E-state index contributed by atoms with van der Waals surface area (Å²) in [6.07, 6.45) is 6.37. The fraction of sp³-hybridized carbons (Fsp3) is 0.750. The number of carbonyl (C=O) groups is 1. The highest BCUT2D eigenvalue weighted by molar-refractivity contribution is 5.68. The molecule has 0 heterocycles. The maximum atomic E-state index is 11.7. The van der Waals surface area contributed by atoms with Gasteiger partial charge in [-0.2, -0.15) is 0 Å². The third-order valence-corrected chi connectivity index (χ3v) is 1.67. The molecule has 0 saturated carbocycles. The number of nitrogens with zero attached hydrogens (tertiary/aromatic N) is 1. The average Bonchev–Trinajstić information content (AvgIpc) is 2.09. The van der Waals surface area contributed by atoms with Gasteiger partial charge in [-0.25, -0.2) is 4.79 Å². The summed E-state index contributed by atoms with van der Waals surface area (Å²) in [7, 11) is 0. The van der Waals surface area contributed by atoms with Gasteiger partial charge in [-0.3, -0.25) is 0 Å². The Hall–Kier alpha value is -1.17. The molecule has 0 aromatic rings. The van der Waals surface area contributed by atoms with Gasteiger partial charge >= 0.3 is 6.09 Å². The summed E-state index contributed by atoms with van der Waals surface area (Å²) in [4.78, 5) is 13.3. The largest absolute Gasteiger partial charge is 0.444 e. The SMILES string of the molecule is C#CCCN(CCC)C(=O)OC(C)(C)C. The summed E-state index contributed by atoms with van der Waals surface area (Å²) in [5, 5.41) is 0. The zero-order valence-corrected chi connectivity index (χ0v) is 10.2. The molecule has 0 aromatic heterocycles. The summed E-state index contributed by atoms with van der Waals surface area (Å²) < 4.78 is 5.27. The maximum Gasteiger partial charge on any atom is 0.410 e. The molecular formula is C12H21NO2. The molecule has 0 aliphatic heterocycles. The van der Waals surface area contributed by atoms with E-state index in [-0.39, 0.29) is 6.09 Å². The van der Waals surface area contributed by atoms with Gasteiger partial charge in [-0.15, -0.1) is 12.3 Å². The van der Waals surface area contributed by atoms with Crippen molar-refractivity contribution in [1.82, 2.24) is 4.90 Å². The van der Waals surface area contributed by atoms with E-state index in [1.54, 1.807) is 4.90 Å². The van der Waals surface area contributed by atoms with Gasteiger partial charge in [0.1, 0.15) is 5.60 Å². The van der Waals surface area contributed by atoms with Gasteiger partial charge in [0.2, 0.25) is 0 Å². The summed E-state index contributed by atoms with van der Waals surface area (Å²) in [6, 6.07) is 0. The van der Waals surface area contributed by atoms with Crippen LogP contribution in [-0.4, -0.2) is 29.7 Å². The van der Waals surface area contributed by atoms with Gasteiger partial charge in [0.25, 0.3) is 0 Å². The quantitative estimate of drug-likeness (QED) is 0.669. The second-order valence-electron chi connectivity index (χ2n) is 4.42. The maximum absolute atomic E-state index is 11.7. The predicted octanol–water partition coefficient (Wildman–Crippen LogP) is 2.66. The Bertz CT molecular complexity index is 235. The summed E-state index contributed by atoms with van der Waals surface area (Å²) in [6.45, 7) is 8.85. The molecule has 0 radical (unpaired) electrons. The molecule has 3 nitrogen and oxygen atoms in total. The molecule has 1 amide bonds. The van der Waals surface area contributed by atoms with E-state index in [2.05, 4.69) is 5.92 Å². The molecule has 15 heavy (non-hydrogen) atoms. The smallest absolute Gasteiger partial charge is 0.410 e. The van der Waals surface area contributed by atoms with Crippen molar-refractivity contribution in [3.8, 4) is 12.3 Å². The first-order valence-corrected chi connectivity index (χ1v) is 5.32. The van der Waals surface area contributed by atoms with Crippen molar-refractivity contribution in [1.29, 1.82) is 0 Å². The van der Waals surface area contributed by atoms with E-state index in [9.17, 15) is 4.79 Å². The lowest BCUT2D eigenvalue weighted by Gasteiger charge is -2.26. The van der Waals surface area contributed by atoms with Crippen LogP contribution in [0.3, 0.4) is 0 Å². The van der Waals surface area contributed by atoms with Gasteiger partial charge < -0.3 is 9.64 Å². The summed E-state index contributed by atoms with van der Waals surface area (Å²) in [5.74, 6) is 2.52. The molecule has 0 N–H and O–H groups in total. The van der Waals surface area contributed by atoms with Crippen molar-refractivity contribution >= 4 is 6.09 Å². The Kier molecular flexibility index (Phi) is 5.84. The second kappa shape index (κ2) is 6.34. The molecule has 0 aliphatic rings.